The van der Waals surface area contributed by atoms with Crippen molar-refractivity contribution in [1.82, 2.24) is 10.2 Å². The van der Waals surface area contributed by atoms with Gasteiger partial charge in [0.2, 0.25) is 0 Å². The number of hydrogen-bond acceptors (Lipinski definition) is 2. The molecule has 17 heavy (non-hydrogen) atoms. The molecular formula is C14H19N3. The van der Waals surface area contributed by atoms with E-state index in [2.05, 4.69) is 53.6 Å². The number of nitrogens with one attached hydrogen (secondary N) is 2. The van der Waals surface area contributed by atoms with Crippen LogP contribution < -0.4 is 5.32 Å². The van der Waals surface area contributed by atoms with Crippen molar-refractivity contribution in [2.45, 2.75) is 33.6 Å². The smallest absolute Gasteiger partial charge is 0.0828 e. The van der Waals surface area contributed by atoms with E-state index in [4.69, 9.17) is 0 Å². The lowest BCUT2D eigenvalue weighted by Gasteiger charge is -2.10. The molecule has 2 aromatic rings. The van der Waals surface area contributed by atoms with E-state index >= 15 is 0 Å². The summed E-state index contributed by atoms with van der Waals surface area (Å²) < 4.78 is 0. The zero-order valence-electron chi connectivity index (χ0n) is 10.8. The highest BCUT2D eigenvalue weighted by molar-refractivity contribution is 5.64. The second-order valence-corrected chi connectivity index (χ2v) is 4.71. The molecule has 0 bridgehead atoms. The Morgan fingerprint density at radius 2 is 2.00 bits per heavy atom. The Morgan fingerprint density at radius 1 is 1.24 bits per heavy atom. The van der Waals surface area contributed by atoms with Gasteiger partial charge in [-0.05, 0) is 37.5 Å². The third-order valence-corrected chi connectivity index (χ3v) is 2.95. The molecule has 90 valence electrons. The van der Waals surface area contributed by atoms with Gasteiger partial charge in [-0.3, -0.25) is 5.10 Å². The predicted molar refractivity (Wildman–Crippen MR) is 71.9 cm³/mol. The van der Waals surface area contributed by atoms with Gasteiger partial charge in [0.15, 0.2) is 0 Å². The molecule has 0 unspecified atom stereocenters. The molecule has 0 radical (unpaired) electrons. The number of aromatic amines is 1. The van der Waals surface area contributed by atoms with Crippen molar-refractivity contribution >= 4 is 11.4 Å². The zero-order chi connectivity index (χ0) is 12.4. The number of rotatable bonds is 3. The summed E-state index contributed by atoms with van der Waals surface area (Å²) in [6.45, 7) is 8.42. The molecular weight excluding hydrogens is 210 g/mol. The first-order valence-corrected chi connectivity index (χ1v) is 5.96. The lowest BCUT2D eigenvalue weighted by molar-refractivity contribution is 0.867. The standard InChI is InChI=1S/C14H19N3/c1-9(2)12-6-5-7-13(8-12)15-14-10(3)16-17-11(14)4/h5-9,15H,1-4H3,(H,16,17). The fraction of sp³-hybridized carbons (Fsp3) is 0.357. The van der Waals surface area contributed by atoms with Crippen LogP contribution in [0.25, 0.3) is 0 Å². The number of H-pyrrole nitrogens is 1. The van der Waals surface area contributed by atoms with Gasteiger partial charge in [0, 0.05) is 5.69 Å². The average Bonchev–Trinajstić information content (AvgIpc) is 2.61. The fourth-order valence-corrected chi connectivity index (χ4v) is 1.85. The molecule has 3 nitrogen and oxygen atoms in total. The van der Waals surface area contributed by atoms with Crippen LogP contribution in [-0.4, -0.2) is 10.2 Å². The number of benzene rings is 1. The van der Waals surface area contributed by atoms with Crippen molar-refractivity contribution in [2.75, 3.05) is 5.32 Å². The first kappa shape index (κ1) is 11.7. The molecule has 0 saturated carbocycles. The van der Waals surface area contributed by atoms with Crippen LogP contribution in [0.5, 0.6) is 0 Å². The van der Waals surface area contributed by atoms with Crippen LogP contribution in [0.3, 0.4) is 0 Å². The summed E-state index contributed by atoms with van der Waals surface area (Å²) in [7, 11) is 0. The van der Waals surface area contributed by atoms with Crippen molar-refractivity contribution in [3.63, 3.8) is 0 Å². The molecule has 0 saturated heterocycles. The maximum atomic E-state index is 4.18. The molecule has 1 aromatic carbocycles. The highest BCUT2D eigenvalue weighted by Gasteiger charge is 2.07. The maximum absolute atomic E-state index is 4.18. The largest absolute Gasteiger partial charge is 0.353 e. The molecule has 0 fully saturated rings. The topological polar surface area (TPSA) is 40.7 Å². The Balaban J connectivity index is 2.27. The monoisotopic (exact) mass is 229 g/mol. The van der Waals surface area contributed by atoms with Gasteiger partial charge in [-0.1, -0.05) is 26.0 Å². The first-order valence-electron chi connectivity index (χ1n) is 5.96. The van der Waals surface area contributed by atoms with Crippen LogP contribution >= 0.6 is 0 Å². The van der Waals surface area contributed by atoms with Crippen LogP contribution in [0, 0.1) is 13.8 Å². The molecule has 2 N–H and O–H groups in total. The average molecular weight is 229 g/mol. The van der Waals surface area contributed by atoms with Gasteiger partial charge >= 0.3 is 0 Å². The predicted octanol–water partition coefficient (Wildman–Crippen LogP) is 3.89. The minimum Gasteiger partial charge on any atom is -0.353 e. The molecule has 0 aliphatic carbocycles. The summed E-state index contributed by atoms with van der Waals surface area (Å²) in [6, 6.07) is 8.52. The van der Waals surface area contributed by atoms with Crippen LogP contribution in [0.4, 0.5) is 11.4 Å². The molecule has 1 heterocycles. The van der Waals surface area contributed by atoms with E-state index in [1.54, 1.807) is 0 Å². The van der Waals surface area contributed by atoms with E-state index < -0.39 is 0 Å². The maximum Gasteiger partial charge on any atom is 0.0828 e. The summed E-state index contributed by atoms with van der Waals surface area (Å²) in [4.78, 5) is 0. The summed E-state index contributed by atoms with van der Waals surface area (Å²) >= 11 is 0. The Labute approximate surface area is 102 Å². The van der Waals surface area contributed by atoms with Gasteiger partial charge in [-0.2, -0.15) is 5.10 Å². The Kier molecular flexibility index (Phi) is 3.18. The molecule has 0 atom stereocenters. The minimum atomic E-state index is 0.545. The van der Waals surface area contributed by atoms with Crippen LogP contribution in [-0.2, 0) is 0 Å². The van der Waals surface area contributed by atoms with E-state index in [1.807, 2.05) is 13.8 Å². The molecule has 1 aromatic heterocycles. The van der Waals surface area contributed by atoms with E-state index in [1.165, 1.54) is 5.56 Å². The SMILES string of the molecule is Cc1n[nH]c(C)c1Nc1cccc(C(C)C)c1. The Bertz CT molecular complexity index is 492. The van der Waals surface area contributed by atoms with E-state index in [0.717, 1.165) is 22.8 Å². The number of nitrogens with zero attached hydrogens (tertiary/aromatic N) is 1. The normalized spacial score (nSPS) is 10.9. The molecule has 3 heteroatoms. The van der Waals surface area contributed by atoms with Crippen molar-refractivity contribution in [2.24, 2.45) is 0 Å². The number of aromatic nitrogens is 2. The van der Waals surface area contributed by atoms with Gasteiger partial charge in [0.25, 0.3) is 0 Å². The summed E-state index contributed by atoms with van der Waals surface area (Å²) in [5.41, 5.74) is 5.60. The van der Waals surface area contributed by atoms with Gasteiger partial charge in [-0.15, -0.1) is 0 Å². The van der Waals surface area contributed by atoms with Crippen LogP contribution in [0.2, 0.25) is 0 Å². The highest BCUT2D eigenvalue weighted by atomic mass is 15.1. The highest BCUT2D eigenvalue weighted by Crippen LogP contribution is 2.24. The van der Waals surface area contributed by atoms with Crippen molar-refractivity contribution in [3.8, 4) is 0 Å². The number of hydrogen-bond donors (Lipinski definition) is 2. The van der Waals surface area contributed by atoms with Crippen molar-refractivity contribution in [1.29, 1.82) is 0 Å². The Morgan fingerprint density at radius 3 is 2.59 bits per heavy atom. The van der Waals surface area contributed by atoms with Gasteiger partial charge < -0.3 is 5.32 Å². The summed E-state index contributed by atoms with van der Waals surface area (Å²) in [5, 5.41) is 10.6. The zero-order valence-corrected chi connectivity index (χ0v) is 10.8. The Hall–Kier alpha value is -1.77. The number of anilines is 2. The quantitative estimate of drug-likeness (QED) is 0.838. The number of aryl methyl sites for hydroxylation is 2. The third kappa shape index (κ3) is 2.49. The molecule has 2 rings (SSSR count). The fourth-order valence-electron chi connectivity index (χ4n) is 1.85. The first-order chi connectivity index (χ1) is 8.08. The molecule has 0 spiro atoms. The third-order valence-electron chi connectivity index (χ3n) is 2.95. The molecule has 0 aliphatic rings. The van der Waals surface area contributed by atoms with Gasteiger partial charge in [0.1, 0.15) is 0 Å². The molecule has 0 aliphatic heterocycles. The lowest BCUT2D eigenvalue weighted by Crippen LogP contribution is -1.95. The summed E-state index contributed by atoms with van der Waals surface area (Å²) in [5.74, 6) is 0.545. The van der Waals surface area contributed by atoms with Crippen LogP contribution in [0.15, 0.2) is 24.3 Å². The van der Waals surface area contributed by atoms with Gasteiger partial charge in [-0.25, -0.2) is 0 Å². The van der Waals surface area contributed by atoms with E-state index in [0.29, 0.717) is 5.92 Å². The van der Waals surface area contributed by atoms with E-state index in [9.17, 15) is 0 Å². The summed E-state index contributed by atoms with van der Waals surface area (Å²) in [6.07, 6.45) is 0. The van der Waals surface area contributed by atoms with Crippen LogP contribution in [0.1, 0.15) is 36.7 Å². The van der Waals surface area contributed by atoms with Gasteiger partial charge in [0.05, 0.1) is 17.1 Å². The second kappa shape index (κ2) is 4.62. The minimum absolute atomic E-state index is 0.545. The van der Waals surface area contributed by atoms with Crippen molar-refractivity contribution < 1.29 is 0 Å². The second-order valence-electron chi connectivity index (χ2n) is 4.71. The lowest BCUT2D eigenvalue weighted by atomic mass is 10.0. The van der Waals surface area contributed by atoms with E-state index in [-0.39, 0.29) is 0 Å². The van der Waals surface area contributed by atoms with Crippen molar-refractivity contribution in [3.05, 3.63) is 41.2 Å². The molecule has 0 amide bonds.